The highest BCUT2D eigenvalue weighted by atomic mass is 16.5. The molecule has 0 radical (unpaired) electrons. The van der Waals surface area contributed by atoms with Crippen LogP contribution in [-0.4, -0.2) is 103 Å². The summed E-state index contributed by atoms with van der Waals surface area (Å²) in [5.41, 5.74) is 4.61. The molecule has 1 atom stereocenters. The highest BCUT2D eigenvalue weighted by Crippen LogP contribution is 2.36. The van der Waals surface area contributed by atoms with Crippen LogP contribution in [0.5, 0.6) is 0 Å². The molecule has 3 aromatic heterocycles. The molecule has 4 aliphatic rings. The van der Waals surface area contributed by atoms with E-state index >= 15 is 0 Å². The number of anilines is 1. The summed E-state index contributed by atoms with van der Waals surface area (Å²) in [6.07, 6.45) is 16.4. The van der Waals surface area contributed by atoms with Gasteiger partial charge in [-0.2, -0.15) is 0 Å². The average Bonchev–Trinajstić information content (AvgIpc) is 3.75. The highest BCUT2D eigenvalue weighted by molar-refractivity contribution is 6.00. The van der Waals surface area contributed by atoms with Crippen LogP contribution in [-0.2, 0) is 32.6 Å². The van der Waals surface area contributed by atoms with Gasteiger partial charge < -0.3 is 19.9 Å². The van der Waals surface area contributed by atoms with Crippen molar-refractivity contribution in [1.29, 1.82) is 0 Å². The lowest BCUT2D eigenvalue weighted by Gasteiger charge is -2.42. The maximum absolute atomic E-state index is 13.1. The molecule has 1 aromatic carbocycles. The first-order valence-electron chi connectivity index (χ1n) is 20.6. The fourth-order valence-corrected chi connectivity index (χ4v) is 9.45. The molecule has 0 bridgehead atoms. The van der Waals surface area contributed by atoms with Gasteiger partial charge in [0.15, 0.2) is 0 Å². The summed E-state index contributed by atoms with van der Waals surface area (Å²) < 4.78 is 8.71. The number of carbonyl (C=O) groups excluding carboxylic acids is 3. The number of ether oxygens (including phenoxy) is 1. The number of nitrogens with zero attached hydrogens (tertiary/aromatic N) is 6. The van der Waals surface area contributed by atoms with Crippen molar-refractivity contribution < 1.29 is 19.1 Å². The molecule has 1 aliphatic carbocycles. The number of imide groups is 1. The zero-order valence-electron chi connectivity index (χ0n) is 32.1. The number of hydrogen-bond donors (Lipinski definition) is 3. The van der Waals surface area contributed by atoms with E-state index in [0.717, 1.165) is 138 Å². The lowest BCUT2D eigenvalue weighted by atomic mass is 9.89. The first kappa shape index (κ1) is 37.4. The zero-order chi connectivity index (χ0) is 37.9. The van der Waals surface area contributed by atoms with Crippen LogP contribution in [0.25, 0.3) is 22.1 Å². The van der Waals surface area contributed by atoms with Crippen LogP contribution in [0.3, 0.4) is 0 Å². The first-order chi connectivity index (χ1) is 26.8. The number of rotatable bonds is 12. The average molecular weight is 754 g/mol. The number of aromatic nitrogens is 5. The normalized spacial score (nSPS) is 23.1. The summed E-state index contributed by atoms with van der Waals surface area (Å²) in [4.78, 5) is 67.5. The van der Waals surface area contributed by atoms with Gasteiger partial charge in [0.05, 0.1) is 16.4 Å². The molecule has 3 saturated heterocycles. The first-order valence-corrected chi connectivity index (χ1v) is 20.6. The van der Waals surface area contributed by atoms with Crippen molar-refractivity contribution in [3.05, 3.63) is 52.3 Å². The number of nitrogens with one attached hydrogen (secondary N) is 3. The van der Waals surface area contributed by atoms with Crippen molar-refractivity contribution in [2.24, 2.45) is 7.05 Å². The summed E-state index contributed by atoms with van der Waals surface area (Å²) >= 11 is 0. The smallest absolute Gasteiger partial charge is 0.329 e. The maximum atomic E-state index is 13.1. The molecule has 4 aromatic rings. The predicted octanol–water partition coefficient (Wildman–Crippen LogP) is 4.54. The van der Waals surface area contributed by atoms with E-state index in [0.29, 0.717) is 36.4 Å². The number of amides is 3. The number of benzene rings is 1. The number of piperazine rings is 1. The monoisotopic (exact) mass is 753 g/mol. The van der Waals surface area contributed by atoms with Crippen molar-refractivity contribution in [3.63, 3.8) is 0 Å². The number of unbranched alkanes of at least 4 members (excludes halogenated alkanes) is 3. The Kier molecular flexibility index (Phi) is 11.3. The van der Waals surface area contributed by atoms with Crippen LogP contribution in [0.1, 0.15) is 107 Å². The van der Waals surface area contributed by atoms with E-state index in [1.165, 1.54) is 10.1 Å². The Morgan fingerprint density at radius 2 is 1.69 bits per heavy atom. The Bertz CT molecular complexity index is 2060. The second kappa shape index (κ2) is 16.7. The molecule has 1 saturated carbocycles. The molecule has 0 spiro atoms. The fourth-order valence-electron chi connectivity index (χ4n) is 9.45. The van der Waals surface area contributed by atoms with Crippen molar-refractivity contribution >= 4 is 45.6 Å². The van der Waals surface area contributed by atoms with Crippen LogP contribution in [0.15, 0.2) is 35.5 Å². The molecule has 1 unspecified atom stereocenters. The molecule has 8 rings (SSSR count). The molecule has 3 amide bonds. The number of aryl methyl sites for hydroxylation is 2. The lowest BCUT2D eigenvalue weighted by molar-refractivity contribution is -0.136. The van der Waals surface area contributed by atoms with Gasteiger partial charge in [0.2, 0.25) is 17.7 Å². The van der Waals surface area contributed by atoms with Crippen LogP contribution >= 0.6 is 0 Å². The molecule has 6 heterocycles. The third-order valence-electron chi connectivity index (χ3n) is 12.7. The van der Waals surface area contributed by atoms with Gasteiger partial charge in [-0.25, -0.2) is 14.8 Å². The number of imidazole rings is 1. The van der Waals surface area contributed by atoms with Gasteiger partial charge in [0.25, 0.3) is 0 Å². The summed E-state index contributed by atoms with van der Waals surface area (Å²) in [6, 6.07) is 6.27. The van der Waals surface area contributed by atoms with Gasteiger partial charge in [0.1, 0.15) is 23.8 Å². The van der Waals surface area contributed by atoms with E-state index < -0.39 is 11.9 Å². The predicted molar refractivity (Wildman–Crippen MR) is 210 cm³/mol. The standard InChI is InChI=1S/C41H55N9O5/c1-47-34-24-27(8-13-32(34)50(41(47)54)33-14-15-35(51)46-40(33)53)6-4-2-3-5-7-36(52)49-20-18-48(19-21-49)30-11-9-29(10-12-30)45-39-37-31(28-16-22-55-23-17-28)25-42-38(37)43-26-44-39/h8,13,24-26,28-30,33H,2-7,9-12,14-23H2,1H3,(H,46,51,53)(H2,42,43,44,45). The van der Waals surface area contributed by atoms with Crippen LogP contribution < -0.4 is 16.3 Å². The van der Waals surface area contributed by atoms with E-state index in [-0.39, 0.29) is 23.9 Å². The summed E-state index contributed by atoms with van der Waals surface area (Å²) in [7, 11) is 1.73. The fraction of sp³-hybridized carbons (Fsp3) is 0.610. The van der Waals surface area contributed by atoms with E-state index in [9.17, 15) is 19.2 Å². The minimum Gasteiger partial charge on any atom is -0.381 e. The van der Waals surface area contributed by atoms with E-state index in [1.54, 1.807) is 17.9 Å². The Morgan fingerprint density at radius 1 is 0.909 bits per heavy atom. The highest BCUT2D eigenvalue weighted by Gasteiger charge is 2.32. The maximum Gasteiger partial charge on any atom is 0.329 e. The largest absolute Gasteiger partial charge is 0.381 e. The Balaban J connectivity index is 0.735. The topological polar surface area (TPSA) is 159 Å². The van der Waals surface area contributed by atoms with Gasteiger partial charge in [-0.15, -0.1) is 0 Å². The molecule has 14 heteroatoms. The van der Waals surface area contributed by atoms with Crippen LogP contribution in [0.2, 0.25) is 0 Å². The second-order valence-corrected chi connectivity index (χ2v) is 16.1. The van der Waals surface area contributed by atoms with Gasteiger partial charge in [-0.3, -0.25) is 33.7 Å². The number of piperidine rings is 1. The SMILES string of the molecule is Cn1c(=O)n(C2CCC(=O)NC2=O)c2ccc(CCCCCCC(=O)N3CCN(C4CCC(Nc5ncnc6[nH]cc(C7CCOCC7)c56)CC4)CC3)cc21. The van der Waals surface area contributed by atoms with E-state index in [2.05, 4.69) is 36.6 Å². The van der Waals surface area contributed by atoms with Gasteiger partial charge in [-0.05, 0) is 93.4 Å². The lowest BCUT2D eigenvalue weighted by Crippen LogP contribution is -2.53. The minimum atomic E-state index is -0.676. The number of hydrogen-bond acceptors (Lipinski definition) is 9. The second-order valence-electron chi connectivity index (χ2n) is 16.1. The number of H-pyrrole nitrogens is 1. The molecular weight excluding hydrogens is 699 g/mol. The zero-order valence-corrected chi connectivity index (χ0v) is 32.1. The van der Waals surface area contributed by atoms with Gasteiger partial charge in [-0.1, -0.05) is 18.9 Å². The number of fused-ring (bicyclic) bond motifs is 2. The van der Waals surface area contributed by atoms with Crippen molar-refractivity contribution in [3.8, 4) is 0 Å². The van der Waals surface area contributed by atoms with Crippen LogP contribution in [0.4, 0.5) is 5.82 Å². The van der Waals surface area contributed by atoms with Gasteiger partial charge >= 0.3 is 5.69 Å². The van der Waals surface area contributed by atoms with E-state index in [1.807, 2.05) is 18.2 Å². The number of carbonyl (C=O) groups is 3. The molecule has 3 N–H and O–H groups in total. The Labute approximate surface area is 321 Å². The number of aromatic amines is 1. The van der Waals surface area contributed by atoms with Crippen LogP contribution in [0, 0.1) is 0 Å². The molecule has 4 fully saturated rings. The van der Waals surface area contributed by atoms with E-state index in [4.69, 9.17) is 9.72 Å². The summed E-state index contributed by atoms with van der Waals surface area (Å²) in [6.45, 7) is 5.14. The van der Waals surface area contributed by atoms with Gasteiger partial charge in [0, 0.05) is 77.6 Å². The third-order valence-corrected chi connectivity index (χ3v) is 12.7. The molecule has 14 nitrogen and oxygen atoms in total. The molecular formula is C41H55N9O5. The molecule has 55 heavy (non-hydrogen) atoms. The third kappa shape index (κ3) is 8.07. The molecule has 294 valence electrons. The van der Waals surface area contributed by atoms with Crippen molar-refractivity contribution in [2.45, 2.75) is 114 Å². The summed E-state index contributed by atoms with van der Waals surface area (Å²) in [5.74, 6) is 0.995. The van der Waals surface area contributed by atoms with Crippen molar-refractivity contribution in [2.75, 3.05) is 44.7 Å². The van der Waals surface area contributed by atoms with Crippen molar-refractivity contribution in [1.82, 2.24) is 39.2 Å². The quantitative estimate of drug-likeness (QED) is 0.140. The Morgan fingerprint density at radius 3 is 2.47 bits per heavy atom. The summed E-state index contributed by atoms with van der Waals surface area (Å²) in [5, 5.41) is 7.30. The minimum absolute atomic E-state index is 0.225. The Hall–Kier alpha value is -4.56. The molecule has 3 aliphatic heterocycles.